The summed E-state index contributed by atoms with van der Waals surface area (Å²) in [6.45, 7) is 4.70. The summed E-state index contributed by atoms with van der Waals surface area (Å²) in [6.07, 6.45) is 0. The number of ether oxygens (including phenoxy) is 1. The van der Waals surface area contributed by atoms with Crippen molar-refractivity contribution in [1.82, 2.24) is 0 Å². The quantitative estimate of drug-likeness (QED) is 0.468. The van der Waals surface area contributed by atoms with Crippen LogP contribution in [0.25, 0.3) is 10.8 Å². The van der Waals surface area contributed by atoms with Gasteiger partial charge in [-0.1, -0.05) is 12.1 Å². The van der Waals surface area contributed by atoms with Crippen molar-refractivity contribution in [3.05, 3.63) is 66.0 Å². The molecule has 6 nitrogen and oxygen atoms in total. The molecule has 0 aliphatic carbocycles. The van der Waals surface area contributed by atoms with E-state index in [1.165, 1.54) is 21.9 Å². The van der Waals surface area contributed by atoms with E-state index < -0.39 is 0 Å². The summed E-state index contributed by atoms with van der Waals surface area (Å²) in [5, 5.41) is 15.4. The molecule has 0 spiro atoms. The number of anilines is 1. The van der Waals surface area contributed by atoms with Gasteiger partial charge in [-0.25, -0.2) is 4.39 Å². The van der Waals surface area contributed by atoms with Gasteiger partial charge in [-0.05, 0) is 53.2 Å². The van der Waals surface area contributed by atoms with Gasteiger partial charge in [-0.3, -0.25) is 4.79 Å². The number of carbonyl (C=O) groups is 1. The fraction of sp³-hybridized carbons (Fsp3) is 0.292. The Morgan fingerprint density at radius 2 is 1.71 bits per heavy atom. The van der Waals surface area contributed by atoms with E-state index in [2.05, 4.69) is 5.32 Å². The Labute approximate surface area is 180 Å². The monoisotopic (exact) mass is 425 g/mol. The van der Waals surface area contributed by atoms with Crippen LogP contribution in [0.1, 0.15) is 5.56 Å². The fourth-order valence-corrected chi connectivity index (χ4v) is 4.19. The smallest absolute Gasteiger partial charge is 0.279 e. The van der Waals surface area contributed by atoms with E-state index in [1.54, 1.807) is 25.3 Å². The second-order valence-electron chi connectivity index (χ2n) is 8.06. The second-order valence-corrected chi connectivity index (χ2v) is 8.06. The topological polar surface area (TPSA) is 67.4 Å². The van der Waals surface area contributed by atoms with Crippen LogP contribution in [0.5, 0.6) is 11.5 Å². The predicted octanol–water partition coefficient (Wildman–Crippen LogP) is 0.615. The number of phenols is 1. The number of phenolic OH excluding ortho intramolecular Hbond substituents is 1. The maximum atomic E-state index is 13.0. The molecule has 31 heavy (non-hydrogen) atoms. The molecule has 0 saturated carbocycles. The molecular weight excluding hydrogens is 397 g/mol. The van der Waals surface area contributed by atoms with Crippen LogP contribution in [-0.2, 0) is 11.3 Å². The van der Waals surface area contributed by atoms with E-state index in [0.29, 0.717) is 18.0 Å². The summed E-state index contributed by atoms with van der Waals surface area (Å²) in [4.78, 5) is 14.9. The number of benzene rings is 3. The van der Waals surface area contributed by atoms with Gasteiger partial charge in [0, 0.05) is 5.69 Å². The summed E-state index contributed by atoms with van der Waals surface area (Å²) in [5.74, 6) is 0.694. The van der Waals surface area contributed by atoms with Crippen molar-refractivity contribution >= 4 is 22.4 Å². The lowest BCUT2D eigenvalue weighted by atomic mass is 10.0. The van der Waals surface area contributed by atoms with Crippen LogP contribution >= 0.6 is 0 Å². The molecule has 4 rings (SSSR count). The van der Waals surface area contributed by atoms with Crippen LogP contribution in [0, 0.1) is 5.82 Å². The first kappa shape index (κ1) is 21.1. The van der Waals surface area contributed by atoms with Crippen LogP contribution < -0.4 is 19.9 Å². The summed E-state index contributed by atoms with van der Waals surface area (Å²) in [7, 11) is 1.64. The van der Waals surface area contributed by atoms with Gasteiger partial charge in [-0.2, -0.15) is 0 Å². The van der Waals surface area contributed by atoms with Crippen LogP contribution in [0.3, 0.4) is 0 Å². The van der Waals surface area contributed by atoms with Gasteiger partial charge in [-0.15, -0.1) is 0 Å². The van der Waals surface area contributed by atoms with Gasteiger partial charge in [0.2, 0.25) is 0 Å². The zero-order valence-corrected chi connectivity index (χ0v) is 17.6. The SMILES string of the molecule is COc1ccc2ccc(O)c(C[NH+]3CC[NH+](CC(=O)Nc4ccc(F)cc4)CC3)c2c1. The predicted molar refractivity (Wildman–Crippen MR) is 117 cm³/mol. The van der Waals surface area contributed by atoms with Crippen molar-refractivity contribution in [2.75, 3.05) is 45.2 Å². The molecule has 1 aliphatic heterocycles. The largest absolute Gasteiger partial charge is 0.507 e. The molecule has 1 amide bonds. The van der Waals surface area contributed by atoms with E-state index in [9.17, 15) is 14.3 Å². The van der Waals surface area contributed by atoms with Crippen molar-refractivity contribution in [1.29, 1.82) is 0 Å². The molecule has 1 saturated heterocycles. The highest BCUT2D eigenvalue weighted by Crippen LogP contribution is 2.29. The summed E-state index contributed by atoms with van der Waals surface area (Å²) < 4.78 is 18.4. The molecule has 4 N–H and O–H groups in total. The molecule has 162 valence electrons. The number of halogens is 1. The van der Waals surface area contributed by atoms with E-state index in [-0.39, 0.29) is 11.7 Å². The van der Waals surface area contributed by atoms with E-state index in [4.69, 9.17) is 4.74 Å². The first-order valence-corrected chi connectivity index (χ1v) is 10.5. The highest BCUT2D eigenvalue weighted by molar-refractivity contribution is 5.91. The molecule has 0 unspecified atom stereocenters. The molecule has 0 aromatic heterocycles. The molecule has 0 atom stereocenters. The number of hydrogen-bond donors (Lipinski definition) is 4. The number of amides is 1. The normalized spacial score (nSPS) is 18.6. The minimum absolute atomic E-state index is 0.0659. The molecule has 1 aliphatic rings. The number of quaternary nitrogens is 2. The first-order chi connectivity index (χ1) is 15.0. The number of methoxy groups -OCH3 is 1. The molecule has 0 radical (unpaired) electrons. The van der Waals surface area contributed by atoms with Crippen molar-refractivity contribution in [2.24, 2.45) is 0 Å². The number of nitrogens with one attached hydrogen (secondary N) is 3. The van der Waals surface area contributed by atoms with Crippen LogP contribution in [-0.4, -0.2) is 50.8 Å². The Bertz CT molecular complexity index is 1060. The first-order valence-electron chi connectivity index (χ1n) is 10.5. The Balaban J connectivity index is 1.34. The van der Waals surface area contributed by atoms with Crippen molar-refractivity contribution in [2.45, 2.75) is 6.54 Å². The number of hydrogen-bond acceptors (Lipinski definition) is 3. The van der Waals surface area contributed by atoms with Crippen molar-refractivity contribution < 1.29 is 28.8 Å². The van der Waals surface area contributed by atoms with Crippen molar-refractivity contribution in [3.8, 4) is 11.5 Å². The fourth-order valence-electron chi connectivity index (χ4n) is 4.19. The van der Waals surface area contributed by atoms with Gasteiger partial charge >= 0.3 is 0 Å². The number of fused-ring (bicyclic) bond motifs is 1. The maximum Gasteiger partial charge on any atom is 0.279 e. The molecule has 3 aromatic carbocycles. The maximum absolute atomic E-state index is 13.0. The third-order valence-corrected chi connectivity index (χ3v) is 5.95. The van der Waals surface area contributed by atoms with Crippen LogP contribution in [0.15, 0.2) is 54.6 Å². The molecule has 3 aromatic rings. The second kappa shape index (κ2) is 9.32. The lowest BCUT2D eigenvalue weighted by Crippen LogP contribution is -3.28. The minimum atomic E-state index is -0.321. The zero-order valence-electron chi connectivity index (χ0n) is 17.6. The van der Waals surface area contributed by atoms with Gasteiger partial charge in [0.1, 0.15) is 50.0 Å². The molecular formula is C24H28FN3O3+2. The Morgan fingerprint density at radius 1 is 1.03 bits per heavy atom. The number of aromatic hydroxyl groups is 1. The minimum Gasteiger partial charge on any atom is -0.507 e. The van der Waals surface area contributed by atoms with E-state index >= 15 is 0 Å². The standard InChI is InChI=1S/C24H26FN3O3/c1-31-20-8-2-17-3-9-23(29)22(21(17)14-20)15-27-10-12-28(13-11-27)16-24(30)26-19-6-4-18(25)5-7-19/h2-9,14,29H,10-13,15-16H2,1H3,(H,26,30)/p+2. The van der Waals surface area contributed by atoms with Gasteiger partial charge in [0.15, 0.2) is 6.54 Å². The Kier molecular flexibility index (Phi) is 6.34. The van der Waals surface area contributed by atoms with Crippen molar-refractivity contribution in [3.63, 3.8) is 0 Å². The van der Waals surface area contributed by atoms with E-state index in [1.807, 2.05) is 24.3 Å². The summed E-state index contributed by atoms with van der Waals surface area (Å²) in [6, 6.07) is 15.4. The average Bonchev–Trinajstić information content (AvgIpc) is 2.78. The third kappa shape index (κ3) is 5.13. The summed E-state index contributed by atoms with van der Waals surface area (Å²) >= 11 is 0. The van der Waals surface area contributed by atoms with Gasteiger partial charge in [0.25, 0.3) is 5.91 Å². The lowest BCUT2D eigenvalue weighted by molar-refractivity contribution is -1.01. The highest BCUT2D eigenvalue weighted by atomic mass is 19.1. The zero-order chi connectivity index (χ0) is 21.8. The van der Waals surface area contributed by atoms with Gasteiger partial charge < -0.3 is 25.0 Å². The van der Waals surface area contributed by atoms with Crippen LogP contribution in [0.4, 0.5) is 10.1 Å². The van der Waals surface area contributed by atoms with Gasteiger partial charge in [0.05, 0.1) is 12.7 Å². The summed E-state index contributed by atoms with van der Waals surface area (Å²) in [5.41, 5.74) is 1.54. The van der Waals surface area contributed by atoms with E-state index in [0.717, 1.165) is 54.8 Å². The Hall–Kier alpha value is -3.16. The number of rotatable bonds is 6. The number of piperazine rings is 1. The molecule has 1 heterocycles. The molecule has 1 fully saturated rings. The Morgan fingerprint density at radius 3 is 2.42 bits per heavy atom. The highest BCUT2D eigenvalue weighted by Gasteiger charge is 2.26. The third-order valence-electron chi connectivity index (χ3n) is 5.95. The van der Waals surface area contributed by atoms with Crippen LogP contribution in [0.2, 0.25) is 0 Å². The lowest BCUT2D eigenvalue weighted by Gasteiger charge is -2.29. The molecule has 7 heteroatoms. The number of carbonyl (C=O) groups excluding carboxylic acids is 1. The molecule has 0 bridgehead atoms. The average molecular weight is 426 g/mol.